The highest BCUT2D eigenvalue weighted by atomic mass is 31.2. The van der Waals surface area contributed by atoms with Gasteiger partial charge < -0.3 is 9.42 Å². The zero-order valence-electron chi connectivity index (χ0n) is 14.3. The molecule has 7 nitrogen and oxygen atoms in total. The Balaban J connectivity index is 5.74. The van der Waals surface area contributed by atoms with E-state index in [2.05, 4.69) is 10.2 Å². The van der Waals surface area contributed by atoms with Crippen molar-refractivity contribution in [2.75, 3.05) is 0 Å². The molecule has 128 valence electrons. The summed E-state index contributed by atoms with van der Waals surface area (Å²) in [7, 11) is -7.68. The Morgan fingerprint density at radius 3 is 1.62 bits per heavy atom. The smallest absolute Gasteiger partial charge is 0.321 e. The molecule has 2 unspecified atom stereocenters. The summed E-state index contributed by atoms with van der Waals surface area (Å²) < 4.78 is 32.5. The molecular weight excluding hydrogens is 312 g/mol. The van der Waals surface area contributed by atoms with Crippen molar-refractivity contribution in [3.05, 3.63) is 0 Å². The van der Waals surface area contributed by atoms with Crippen molar-refractivity contribution in [2.45, 2.75) is 79.6 Å². The number of hydrogen-bond acceptors (Lipinski definition) is 3. The second kappa shape index (κ2) is 8.21. The van der Waals surface area contributed by atoms with Crippen LogP contribution in [0.1, 0.15) is 55.4 Å². The number of nitrogens with one attached hydrogen (secondary N) is 2. The van der Waals surface area contributed by atoms with Gasteiger partial charge in [-0.05, 0) is 55.4 Å². The van der Waals surface area contributed by atoms with Gasteiger partial charge in [-0.25, -0.2) is 10.2 Å². The van der Waals surface area contributed by atoms with E-state index in [9.17, 15) is 14.0 Å². The van der Waals surface area contributed by atoms with Gasteiger partial charge >= 0.3 is 15.3 Å². The summed E-state index contributed by atoms with van der Waals surface area (Å²) in [5, 5.41) is 5.43. The molecule has 0 aliphatic carbocycles. The standard InChI is InChI=1S/C12H31N3O4P2/c1-9(2)13-20(16,17)15(11(5)6)21(18,14-10(3)4)19-12(7)8/h9-12H,1-8H3,(H,14,18)(H2,13,16,17). The quantitative estimate of drug-likeness (QED) is 0.553. The zero-order valence-corrected chi connectivity index (χ0v) is 16.1. The van der Waals surface area contributed by atoms with Crippen LogP contribution in [0, 0.1) is 0 Å². The van der Waals surface area contributed by atoms with E-state index in [1.807, 2.05) is 13.8 Å². The van der Waals surface area contributed by atoms with Crippen molar-refractivity contribution in [2.24, 2.45) is 0 Å². The molecule has 3 N–H and O–H groups in total. The van der Waals surface area contributed by atoms with Crippen molar-refractivity contribution < 1.29 is 18.5 Å². The molecule has 21 heavy (non-hydrogen) atoms. The lowest BCUT2D eigenvalue weighted by atomic mass is 10.4. The van der Waals surface area contributed by atoms with E-state index in [0.717, 1.165) is 4.44 Å². The SMILES string of the molecule is CC(C)NP(=O)(O)N(C(C)C)P(=O)(NC(C)C)OC(C)C. The fourth-order valence-corrected chi connectivity index (χ4v) is 7.16. The third-order valence-electron chi connectivity index (χ3n) is 2.21. The van der Waals surface area contributed by atoms with Crippen LogP contribution < -0.4 is 10.2 Å². The van der Waals surface area contributed by atoms with Crippen LogP contribution in [0.2, 0.25) is 0 Å². The summed E-state index contributed by atoms with van der Waals surface area (Å²) in [5.74, 6) is 0. The molecule has 0 fully saturated rings. The highest BCUT2D eigenvalue weighted by Gasteiger charge is 2.46. The van der Waals surface area contributed by atoms with Crippen LogP contribution in [0.25, 0.3) is 0 Å². The first kappa shape index (κ1) is 21.3. The molecule has 0 radical (unpaired) electrons. The minimum absolute atomic E-state index is 0.158. The zero-order chi connectivity index (χ0) is 17.0. The fraction of sp³-hybridized carbons (Fsp3) is 1.00. The number of hydrogen-bond donors (Lipinski definition) is 3. The predicted molar refractivity (Wildman–Crippen MR) is 87.2 cm³/mol. The third kappa shape index (κ3) is 6.91. The van der Waals surface area contributed by atoms with E-state index in [-0.39, 0.29) is 18.2 Å². The molecule has 0 aliphatic heterocycles. The molecule has 9 heteroatoms. The maximum absolute atomic E-state index is 13.2. The summed E-state index contributed by atoms with van der Waals surface area (Å²) in [4.78, 5) is 10.4. The minimum atomic E-state index is -4.02. The van der Waals surface area contributed by atoms with Gasteiger partial charge in [0.15, 0.2) is 0 Å². The molecule has 0 spiro atoms. The highest BCUT2D eigenvalue weighted by Crippen LogP contribution is 2.63. The Morgan fingerprint density at radius 1 is 0.905 bits per heavy atom. The Hall–Kier alpha value is 0.260. The first-order valence-corrected chi connectivity index (χ1v) is 10.5. The highest BCUT2D eigenvalue weighted by molar-refractivity contribution is 7.69. The lowest BCUT2D eigenvalue weighted by Crippen LogP contribution is -2.39. The second-order valence-electron chi connectivity index (χ2n) is 6.20. The molecule has 0 aliphatic rings. The largest absolute Gasteiger partial charge is 0.352 e. The van der Waals surface area contributed by atoms with Gasteiger partial charge in [-0.15, -0.1) is 4.44 Å². The molecule has 2 atom stereocenters. The Morgan fingerprint density at radius 2 is 1.33 bits per heavy atom. The second-order valence-corrected chi connectivity index (χ2v) is 10.2. The third-order valence-corrected chi connectivity index (χ3v) is 8.07. The lowest BCUT2D eigenvalue weighted by molar-refractivity contribution is 0.206. The molecule has 0 bridgehead atoms. The van der Waals surface area contributed by atoms with Crippen molar-refractivity contribution in [3.63, 3.8) is 0 Å². The monoisotopic (exact) mass is 343 g/mol. The average molecular weight is 343 g/mol. The maximum atomic E-state index is 13.2. The van der Waals surface area contributed by atoms with E-state index in [1.165, 1.54) is 0 Å². The van der Waals surface area contributed by atoms with E-state index in [1.54, 1.807) is 41.5 Å². The molecule has 0 rings (SSSR count). The van der Waals surface area contributed by atoms with Crippen LogP contribution in [0.3, 0.4) is 0 Å². The van der Waals surface area contributed by atoms with Crippen LogP contribution in [-0.4, -0.2) is 33.6 Å². The van der Waals surface area contributed by atoms with Crippen LogP contribution in [0.5, 0.6) is 0 Å². The van der Waals surface area contributed by atoms with Gasteiger partial charge in [0.05, 0.1) is 6.10 Å². The molecule has 0 aromatic heterocycles. The van der Waals surface area contributed by atoms with Crippen LogP contribution in [0.4, 0.5) is 0 Å². The fourth-order valence-electron chi connectivity index (χ4n) is 1.92. The van der Waals surface area contributed by atoms with E-state index >= 15 is 0 Å². The van der Waals surface area contributed by atoms with Gasteiger partial charge in [0.1, 0.15) is 0 Å². The van der Waals surface area contributed by atoms with E-state index in [0.29, 0.717) is 0 Å². The lowest BCUT2D eigenvalue weighted by Gasteiger charge is -2.38. The maximum Gasteiger partial charge on any atom is 0.352 e. The van der Waals surface area contributed by atoms with Crippen molar-refractivity contribution >= 4 is 15.3 Å². The predicted octanol–water partition coefficient (Wildman–Crippen LogP) is 3.33. The summed E-state index contributed by atoms with van der Waals surface area (Å²) in [6.45, 7) is 14.0. The summed E-state index contributed by atoms with van der Waals surface area (Å²) in [5.41, 5.74) is 0. The number of rotatable bonds is 9. The van der Waals surface area contributed by atoms with Gasteiger partial charge in [0.2, 0.25) is 0 Å². The first-order chi connectivity index (χ1) is 9.31. The molecule has 0 amide bonds. The normalized spacial score (nSPS) is 18.8. The average Bonchev–Trinajstić information content (AvgIpc) is 2.08. The molecule has 0 heterocycles. The Labute approximate surface area is 128 Å². The Bertz CT molecular complexity index is 399. The van der Waals surface area contributed by atoms with Gasteiger partial charge in [-0.1, -0.05) is 0 Å². The molecule has 0 aromatic rings. The molecule has 0 saturated heterocycles. The number of nitrogens with zero attached hydrogens (tertiary/aromatic N) is 1. The molecular formula is C12H31N3O4P2. The van der Waals surface area contributed by atoms with Crippen molar-refractivity contribution in [1.82, 2.24) is 14.6 Å². The molecule has 0 saturated carbocycles. The van der Waals surface area contributed by atoms with Crippen LogP contribution in [-0.2, 0) is 13.7 Å². The molecule has 0 aromatic carbocycles. The first-order valence-electron chi connectivity index (χ1n) is 7.28. The van der Waals surface area contributed by atoms with Gasteiger partial charge in [-0.2, -0.15) is 0 Å². The van der Waals surface area contributed by atoms with Gasteiger partial charge in [-0.3, -0.25) is 9.13 Å². The van der Waals surface area contributed by atoms with Crippen LogP contribution >= 0.6 is 15.3 Å². The topological polar surface area (TPSA) is 90.9 Å². The van der Waals surface area contributed by atoms with Crippen molar-refractivity contribution in [1.29, 1.82) is 0 Å². The summed E-state index contributed by atoms with van der Waals surface area (Å²) in [6.07, 6.45) is -0.345. The summed E-state index contributed by atoms with van der Waals surface area (Å²) >= 11 is 0. The minimum Gasteiger partial charge on any atom is -0.321 e. The van der Waals surface area contributed by atoms with Crippen molar-refractivity contribution in [3.8, 4) is 0 Å². The van der Waals surface area contributed by atoms with E-state index < -0.39 is 21.4 Å². The van der Waals surface area contributed by atoms with E-state index in [4.69, 9.17) is 4.52 Å². The summed E-state index contributed by atoms with van der Waals surface area (Å²) in [6, 6.07) is -0.827. The van der Waals surface area contributed by atoms with Gasteiger partial charge in [0.25, 0.3) is 0 Å². The Kier molecular flexibility index (Phi) is 8.31. The van der Waals surface area contributed by atoms with Gasteiger partial charge in [0, 0.05) is 18.1 Å². The van der Waals surface area contributed by atoms with Crippen LogP contribution in [0.15, 0.2) is 0 Å².